The molecule has 1 atom stereocenters. The smallest absolute Gasteiger partial charge is 0.530 e. The Balaban J connectivity index is 3.07. The Hall–Kier alpha value is -2.20. The fourth-order valence-electron chi connectivity index (χ4n) is 1.08. The van der Waals surface area contributed by atoms with Gasteiger partial charge in [-0.2, -0.15) is 0 Å². The quantitative estimate of drug-likeness (QED) is 0.235. The van der Waals surface area contributed by atoms with Gasteiger partial charge in [-0.15, -0.1) is 9.46 Å². The molecule has 10 heteroatoms. The topological polar surface area (TPSA) is 179 Å². The lowest BCUT2D eigenvalue weighted by molar-refractivity contribution is -0.738. The van der Waals surface area contributed by atoms with Crippen molar-refractivity contribution in [1.29, 1.82) is 0 Å². The third-order valence-corrected chi connectivity index (χ3v) is 2.03. The van der Waals surface area contributed by atoms with E-state index in [9.17, 15) is 10.4 Å². The molecule has 1 aromatic heterocycles. The Kier molecular flexibility index (Phi) is 3.60. The van der Waals surface area contributed by atoms with Crippen molar-refractivity contribution in [2.45, 2.75) is 6.10 Å². The van der Waals surface area contributed by atoms with Gasteiger partial charge in [0.05, 0.1) is 12.7 Å². The van der Waals surface area contributed by atoms with Crippen LogP contribution in [0, 0.1) is 10.4 Å². The highest BCUT2D eigenvalue weighted by molar-refractivity contribution is 5.68. The average molecular weight is 247 g/mol. The molecule has 10 nitrogen and oxygen atoms in total. The largest absolute Gasteiger partial charge is 0.675 e. The first-order chi connectivity index (χ1) is 7.90. The van der Waals surface area contributed by atoms with Gasteiger partial charge in [0, 0.05) is 6.54 Å². The molecule has 1 rings (SSSR count). The van der Waals surface area contributed by atoms with Crippen LogP contribution < -0.4 is 26.2 Å². The molecule has 0 fully saturated rings. The van der Waals surface area contributed by atoms with E-state index in [0.717, 1.165) is 0 Å². The first kappa shape index (κ1) is 12.9. The summed E-state index contributed by atoms with van der Waals surface area (Å²) in [6, 6.07) is -1.20. The molecule has 0 aromatic carbocycles. The predicted molar refractivity (Wildman–Crippen MR) is 56.4 cm³/mol. The van der Waals surface area contributed by atoms with Gasteiger partial charge in [0.15, 0.2) is 0 Å². The van der Waals surface area contributed by atoms with Crippen LogP contribution in [0.25, 0.3) is 0 Å². The first-order valence-electron chi connectivity index (χ1n) is 4.56. The van der Waals surface area contributed by atoms with Crippen LogP contribution in [0.1, 0.15) is 0 Å². The second-order valence-corrected chi connectivity index (χ2v) is 3.25. The predicted octanol–water partition coefficient (Wildman–Crippen LogP) is -3.41. The lowest BCUT2D eigenvalue weighted by Gasteiger charge is -2.15. The molecule has 8 N–H and O–H groups in total. The molecule has 0 spiro atoms. The van der Waals surface area contributed by atoms with E-state index >= 15 is 0 Å². The Morgan fingerprint density at radius 2 is 1.88 bits per heavy atom. The molecule has 0 bridgehead atoms. The van der Waals surface area contributed by atoms with Crippen LogP contribution in [0.5, 0.6) is 6.01 Å². The minimum Gasteiger partial charge on any atom is -0.675 e. The van der Waals surface area contributed by atoms with E-state index in [2.05, 4.69) is 5.32 Å². The first-order valence-corrected chi connectivity index (χ1v) is 4.56. The molecule has 1 unspecified atom stereocenters. The zero-order valence-electron chi connectivity index (χ0n) is 8.70. The lowest BCUT2D eigenvalue weighted by Crippen LogP contribution is -2.46. The molecule has 17 heavy (non-hydrogen) atoms. The van der Waals surface area contributed by atoms with Crippen molar-refractivity contribution in [1.82, 2.24) is 0 Å². The van der Waals surface area contributed by atoms with E-state index in [0.29, 0.717) is 0 Å². The highest BCUT2D eigenvalue weighted by atomic mass is 16.5. The number of aliphatic hydroxyl groups excluding tert-OH is 2. The van der Waals surface area contributed by atoms with Gasteiger partial charge in [-0.3, -0.25) is 5.73 Å². The van der Waals surface area contributed by atoms with Crippen LogP contribution in [0.3, 0.4) is 0 Å². The van der Waals surface area contributed by atoms with Crippen LogP contribution in [-0.2, 0) is 0 Å². The zero-order valence-corrected chi connectivity index (χ0v) is 8.70. The van der Waals surface area contributed by atoms with Crippen LogP contribution >= 0.6 is 0 Å². The number of aliphatic hydroxyl groups is 2. The molecular formula is C7H13N5O5. The van der Waals surface area contributed by atoms with E-state index in [1.165, 1.54) is 0 Å². The Bertz CT molecular complexity index is 397. The van der Waals surface area contributed by atoms with Gasteiger partial charge in [0.1, 0.15) is 0 Å². The fourth-order valence-corrected chi connectivity index (χ4v) is 1.08. The number of aromatic nitrogens is 2. The minimum atomic E-state index is -1.20. The fraction of sp³-hybridized carbons (Fsp3) is 0.429. The normalized spacial score (nSPS) is 12.4. The summed E-state index contributed by atoms with van der Waals surface area (Å²) < 4.78 is -0.390. The number of hydrogen-bond donors (Lipinski definition) is 6. The van der Waals surface area contributed by atoms with E-state index in [4.69, 9.17) is 26.8 Å². The average Bonchev–Trinajstić information content (AvgIpc) is 2.33. The molecule has 1 heterocycles. The van der Waals surface area contributed by atoms with Crippen LogP contribution in [0.4, 0.5) is 17.3 Å². The Morgan fingerprint density at radius 1 is 1.29 bits per heavy atom. The summed E-state index contributed by atoms with van der Waals surface area (Å²) in [5, 5.41) is 51.6. The second-order valence-electron chi connectivity index (χ2n) is 3.25. The molecular weight excluding hydrogens is 234 g/mol. The van der Waals surface area contributed by atoms with Crippen molar-refractivity contribution in [2.75, 3.05) is 29.9 Å². The molecule has 0 radical (unpaired) electrons. The lowest BCUT2D eigenvalue weighted by atomic mass is 10.3. The number of rotatable bonds is 4. The zero-order chi connectivity index (χ0) is 13.2. The van der Waals surface area contributed by atoms with Gasteiger partial charge >= 0.3 is 11.8 Å². The van der Waals surface area contributed by atoms with Crippen LogP contribution in [0.2, 0.25) is 0 Å². The van der Waals surface area contributed by atoms with Crippen molar-refractivity contribution < 1.29 is 24.8 Å². The maximum Gasteiger partial charge on any atom is 0.530 e. The maximum atomic E-state index is 11.4. The van der Waals surface area contributed by atoms with Gasteiger partial charge in [0.2, 0.25) is 5.69 Å². The van der Waals surface area contributed by atoms with E-state index < -0.39 is 24.5 Å². The number of nitrogens with one attached hydrogen (secondary N) is 1. The second kappa shape index (κ2) is 4.76. The number of nitrogens with zero attached hydrogens (tertiary/aromatic N) is 2. The van der Waals surface area contributed by atoms with Gasteiger partial charge in [-0.1, -0.05) is 0 Å². The Labute approximate surface area is 95.5 Å². The van der Waals surface area contributed by atoms with Gasteiger partial charge < -0.3 is 36.8 Å². The maximum absolute atomic E-state index is 11.4. The molecule has 1 aromatic rings. The number of nitrogens with two attached hydrogens (primary N) is 2. The molecule has 0 saturated carbocycles. The third-order valence-electron chi connectivity index (χ3n) is 2.03. The summed E-state index contributed by atoms with van der Waals surface area (Å²) in [6.07, 6.45) is -1.13. The molecule has 0 amide bonds. The molecule has 0 aliphatic heterocycles. The molecule has 96 valence electrons. The van der Waals surface area contributed by atoms with E-state index in [1.54, 1.807) is 0 Å². The van der Waals surface area contributed by atoms with Crippen LogP contribution in [-0.4, -0.2) is 34.6 Å². The summed E-state index contributed by atoms with van der Waals surface area (Å²) in [5.74, 6) is -0.921. The van der Waals surface area contributed by atoms with Crippen molar-refractivity contribution in [3.8, 4) is 6.01 Å². The van der Waals surface area contributed by atoms with E-state index in [1.807, 2.05) is 0 Å². The Morgan fingerprint density at radius 3 is 2.41 bits per heavy atom. The monoisotopic (exact) mass is 247 g/mol. The highest BCUT2D eigenvalue weighted by Gasteiger charge is 2.25. The standard InChI is InChI=1S/C7H13N5O5/c8-4-5(9)11(16)7(15)12(17)6(4)10-1-3(14)2-13/h3,10,13-15H,1-2,8-9H2. The summed E-state index contributed by atoms with van der Waals surface area (Å²) in [5.41, 5.74) is 10.3. The summed E-state index contributed by atoms with van der Waals surface area (Å²) in [7, 11) is 0. The summed E-state index contributed by atoms with van der Waals surface area (Å²) >= 11 is 0. The van der Waals surface area contributed by atoms with Gasteiger partial charge in [-0.05, 0) is 0 Å². The van der Waals surface area contributed by atoms with E-state index in [-0.39, 0.29) is 27.5 Å². The minimum absolute atomic E-state index is 0.164. The van der Waals surface area contributed by atoms with Crippen molar-refractivity contribution in [3.05, 3.63) is 10.4 Å². The highest BCUT2D eigenvalue weighted by Crippen LogP contribution is 2.19. The van der Waals surface area contributed by atoms with Crippen molar-refractivity contribution in [3.63, 3.8) is 0 Å². The van der Waals surface area contributed by atoms with Crippen LogP contribution in [0.15, 0.2) is 0 Å². The van der Waals surface area contributed by atoms with Crippen molar-refractivity contribution >= 4 is 17.3 Å². The molecule has 0 saturated heterocycles. The number of aromatic hydroxyl groups is 1. The summed E-state index contributed by atoms with van der Waals surface area (Å²) in [6.45, 7) is -0.730. The number of nitrogen functional groups attached to an aromatic ring is 2. The number of hydrogen-bond acceptors (Lipinski definition) is 8. The number of anilines is 3. The molecule has 0 aliphatic carbocycles. The third kappa shape index (κ3) is 2.32. The van der Waals surface area contributed by atoms with Gasteiger partial charge in [-0.25, -0.2) is 0 Å². The summed E-state index contributed by atoms with van der Waals surface area (Å²) in [4.78, 5) is 0. The van der Waals surface area contributed by atoms with Crippen molar-refractivity contribution in [2.24, 2.45) is 0 Å². The SMILES string of the molecule is Nc1c(N)[n+]([O-])c(O)[n+]([O-])c1NCC(O)CO. The molecule has 0 aliphatic rings. The van der Waals surface area contributed by atoms with Gasteiger partial charge in [0.25, 0.3) is 5.82 Å².